The Morgan fingerprint density at radius 1 is 1.05 bits per heavy atom. The topological polar surface area (TPSA) is 33.1 Å². The van der Waals surface area contributed by atoms with Gasteiger partial charge in [0.15, 0.2) is 0 Å². The van der Waals surface area contributed by atoms with Gasteiger partial charge in [-0.15, -0.1) is 0 Å². The lowest BCUT2D eigenvalue weighted by Gasteiger charge is -2.13. The summed E-state index contributed by atoms with van der Waals surface area (Å²) in [5.74, 6) is 0. The molecule has 0 aliphatic carbocycles. The molecular formula is C14H12F3NO. The molecule has 1 aromatic carbocycles. The van der Waals surface area contributed by atoms with Gasteiger partial charge in [-0.2, -0.15) is 13.2 Å². The fourth-order valence-corrected chi connectivity index (χ4v) is 1.77. The van der Waals surface area contributed by atoms with Crippen molar-refractivity contribution < 1.29 is 18.3 Å². The third-order valence-corrected chi connectivity index (χ3v) is 2.77. The van der Waals surface area contributed by atoms with E-state index in [2.05, 4.69) is 4.98 Å². The lowest BCUT2D eigenvalue weighted by atomic mass is 10.0. The second kappa shape index (κ2) is 5.01. The first kappa shape index (κ1) is 13.5. The first-order valence-corrected chi connectivity index (χ1v) is 5.64. The second-order valence-electron chi connectivity index (χ2n) is 4.32. The molecule has 0 saturated carbocycles. The number of alkyl halides is 3. The summed E-state index contributed by atoms with van der Waals surface area (Å²) >= 11 is 0. The zero-order valence-corrected chi connectivity index (χ0v) is 10.1. The molecule has 0 saturated heterocycles. The number of halogens is 3. The number of hydrogen-bond donors (Lipinski definition) is 1. The van der Waals surface area contributed by atoms with Crippen LogP contribution < -0.4 is 0 Å². The first-order chi connectivity index (χ1) is 8.88. The van der Waals surface area contributed by atoms with Gasteiger partial charge in [0.25, 0.3) is 0 Å². The lowest BCUT2D eigenvalue weighted by Crippen LogP contribution is -2.06. The van der Waals surface area contributed by atoms with Gasteiger partial charge in [0.05, 0.1) is 5.56 Å². The minimum atomic E-state index is -4.37. The fourth-order valence-electron chi connectivity index (χ4n) is 1.77. The van der Waals surface area contributed by atoms with Crippen LogP contribution in [0.4, 0.5) is 13.2 Å². The van der Waals surface area contributed by atoms with Gasteiger partial charge in [-0.25, -0.2) is 0 Å². The highest BCUT2D eigenvalue weighted by Crippen LogP contribution is 2.30. The molecule has 100 valence electrons. The maximum absolute atomic E-state index is 12.4. The van der Waals surface area contributed by atoms with Crippen molar-refractivity contribution in [1.29, 1.82) is 0 Å². The molecule has 0 spiro atoms. The Labute approximate surface area is 108 Å². The van der Waals surface area contributed by atoms with E-state index in [0.717, 1.165) is 17.7 Å². The van der Waals surface area contributed by atoms with Crippen LogP contribution in [-0.2, 0) is 6.18 Å². The largest absolute Gasteiger partial charge is 0.416 e. The number of rotatable bonds is 2. The predicted octanol–water partition coefficient (Wildman–Crippen LogP) is 3.49. The van der Waals surface area contributed by atoms with Crippen LogP contribution in [0.3, 0.4) is 0 Å². The maximum atomic E-state index is 12.4. The summed E-state index contributed by atoms with van der Waals surface area (Å²) in [5, 5.41) is 10.1. The molecule has 2 rings (SSSR count). The summed E-state index contributed by atoms with van der Waals surface area (Å²) in [6.45, 7) is 1.83. The van der Waals surface area contributed by atoms with E-state index in [0.29, 0.717) is 11.1 Å². The molecule has 19 heavy (non-hydrogen) atoms. The van der Waals surface area contributed by atoms with Gasteiger partial charge in [-0.1, -0.05) is 18.2 Å². The SMILES string of the molecule is Cc1cncc(C(O)c2ccc(C(F)(F)F)cc2)c1. The van der Waals surface area contributed by atoms with E-state index in [4.69, 9.17) is 0 Å². The van der Waals surface area contributed by atoms with Gasteiger partial charge in [0, 0.05) is 18.0 Å². The highest BCUT2D eigenvalue weighted by atomic mass is 19.4. The minimum Gasteiger partial charge on any atom is -0.384 e. The molecule has 1 heterocycles. The predicted molar refractivity (Wildman–Crippen MR) is 64.5 cm³/mol. The van der Waals surface area contributed by atoms with Crippen LogP contribution >= 0.6 is 0 Å². The van der Waals surface area contributed by atoms with Crippen molar-refractivity contribution in [2.45, 2.75) is 19.2 Å². The number of aliphatic hydroxyl groups excluding tert-OH is 1. The lowest BCUT2D eigenvalue weighted by molar-refractivity contribution is -0.137. The number of aromatic nitrogens is 1. The Hall–Kier alpha value is -1.88. The van der Waals surface area contributed by atoms with Gasteiger partial charge in [0.2, 0.25) is 0 Å². The Morgan fingerprint density at radius 3 is 2.21 bits per heavy atom. The average molecular weight is 267 g/mol. The molecule has 0 fully saturated rings. The van der Waals surface area contributed by atoms with E-state index < -0.39 is 17.8 Å². The second-order valence-corrected chi connectivity index (χ2v) is 4.32. The summed E-state index contributed by atoms with van der Waals surface area (Å²) < 4.78 is 37.3. The van der Waals surface area contributed by atoms with Crippen molar-refractivity contribution in [3.63, 3.8) is 0 Å². The smallest absolute Gasteiger partial charge is 0.384 e. The van der Waals surface area contributed by atoms with Crippen molar-refractivity contribution in [3.8, 4) is 0 Å². The van der Waals surface area contributed by atoms with Crippen LogP contribution in [0.15, 0.2) is 42.7 Å². The van der Waals surface area contributed by atoms with E-state index in [1.165, 1.54) is 18.3 Å². The number of aryl methyl sites for hydroxylation is 1. The minimum absolute atomic E-state index is 0.403. The molecule has 0 bridgehead atoms. The maximum Gasteiger partial charge on any atom is 0.416 e. The van der Waals surface area contributed by atoms with Gasteiger partial charge in [0.1, 0.15) is 6.10 Å². The molecule has 0 aliphatic rings. The van der Waals surface area contributed by atoms with Crippen molar-refractivity contribution in [2.75, 3.05) is 0 Å². The van der Waals surface area contributed by atoms with E-state index in [9.17, 15) is 18.3 Å². The summed E-state index contributed by atoms with van der Waals surface area (Å²) in [5.41, 5.74) is 1.11. The highest BCUT2D eigenvalue weighted by Gasteiger charge is 2.30. The zero-order valence-electron chi connectivity index (χ0n) is 10.1. The zero-order chi connectivity index (χ0) is 14.0. The summed E-state index contributed by atoms with van der Waals surface area (Å²) in [6, 6.07) is 6.21. The van der Waals surface area contributed by atoms with Gasteiger partial charge in [-0.05, 0) is 30.2 Å². The number of hydrogen-bond acceptors (Lipinski definition) is 2. The fraction of sp³-hybridized carbons (Fsp3) is 0.214. The molecule has 0 amide bonds. The van der Waals surface area contributed by atoms with Crippen molar-refractivity contribution in [2.24, 2.45) is 0 Å². The van der Waals surface area contributed by atoms with Crippen LogP contribution in [0.5, 0.6) is 0 Å². The molecule has 5 heteroatoms. The normalized spacial score (nSPS) is 13.3. The van der Waals surface area contributed by atoms with Crippen LogP contribution in [0.25, 0.3) is 0 Å². The van der Waals surface area contributed by atoms with Gasteiger partial charge in [-0.3, -0.25) is 4.98 Å². The molecule has 1 aromatic heterocycles. The monoisotopic (exact) mass is 267 g/mol. The molecular weight excluding hydrogens is 255 g/mol. The molecule has 2 nitrogen and oxygen atoms in total. The van der Waals surface area contributed by atoms with Crippen molar-refractivity contribution >= 4 is 0 Å². The number of benzene rings is 1. The van der Waals surface area contributed by atoms with E-state index in [-0.39, 0.29) is 0 Å². The molecule has 1 N–H and O–H groups in total. The molecule has 0 radical (unpaired) electrons. The van der Waals surface area contributed by atoms with Crippen LogP contribution in [0.2, 0.25) is 0 Å². The Kier molecular flexibility index (Phi) is 3.57. The summed E-state index contributed by atoms with van der Waals surface area (Å²) in [7, 11) is 0. The van der Waals surface area contributed by atoms with E-state index in [1.807, 2.05) is 6.92 Å². The van der Waals surface area contributed by atoms with Crippen LogP contribution in [0.1, 0.15) is 28.4 Å². The van der Waals surface area contributed by atoms with E-state index >= 15 is 0 Å². The number of aliphatic hydroxyl groups is 1. The number of pyridine rings is 1. The highest BCUT2D eigenvalue weighted by molar-refractivity contribution is 5.32. The van der Waals surface area contributed by atoms with Crippen molar-refractivity contribution in [1.82, 2.24) is 4.98 Å². The Balaban J connectivity index is 2.27. The Morgan fingerprint density at radius 2 is 1.68 bits per heavy atom. The number of nitrogens with zero attached hydrogens (tertiary/aromatic N) is 1. The average Bonchev–Trinajstić information content (AvgIpc) is 2.37. The third-order valence-electron chi connectivity index (χ3n) is 2.77. The van der Waals surface area contributed by atoms with Crippen LogP contribution in [0, 0.1) is 6.92 Å². The summed E-state index contributed by atoms with van der Waals surface area (Å²) in [6.07, 6.45) is -2.21. The molecule has 0 aliphatic heterocycles. The van der Waals surface area contributed by atoms with E-state index in [1.54, 1.807) is 12.3 Å². The third kappa shape index (κ3) is 3.12. The first-order valence-electron chi connectivity index (χ1n) is 5.64. The van der Waals surface area contributed by atoms with Crippen molar-refractivity contribution in [3.05, 3.63) is 65.0 Å². The molecule has 1 atom stereocenters. The molecule has 2 aromatic rings. The van der Waals surface area contributed by atoms with Gasteiger partial charge >= 0.3 is 6.18 Å². The molecule has 1 unspecified atom stereocenters. The van der Waals surface area contributed by atoms with Gasteiger partial charge < -0.3 is 5.11 Å². The standard InChI is InChI=1S/C14H12F3NO/c1-9-6-11(8-18-7-9)13(19)10-2-4-12(5-3-10)14(15,16)17/h2-8,13,19H,1H3. The quantitative estimate of drug-likeness (QED) is 0.903. The summed E-state index contributed by atoms with van der Waals surface area (Å²) in [4.78, 5) is 3.95. The Bertz CT molecular complexity index is 564. The van der Waals surface area contributed by atoms with Crippen LogP contribution in [-0.4, -0.2) is 10.1 Å².